The lowest BCUT2D eigenvalue weighted by atomic mass is 10.0. The van der Waals surface area contributed by atoms with Crippen molar-refractivity contribution in [2.75, 3.05) is 38.8 Å². The normalized spacial score (nSPS) is 14.2. The summed E-state index contributed by atoms with van der Waals surface area (Å²) < 4.78 is 27.2. The number of ether oxygens (including phenoxy) is 1. The SMILES string of the molecule is CN=C(NCCOCCS(C)(=O)=O)NC(C)CCCC(C)C. The van der Waals surface area contributed by atoms with Gasteiger partial charge >= 0.3 is 0 Å². The van der Waals surface area contributed by atoms with Crippen LogP contribution >= 0.6 is 0 Å². The minimum absolute atomic E-state index is 0.0624. The van der Waals surface area contributed by atoms with Crippen molar-refractivity contribution in [1.29, 1.82) is 0 Å². The van der Waals surface area contributed by atoms with Gasteiger partial charge in [0, 0.05) is 25.9 Å². The lowest BCUT2D eigenvalue weighted by Gasteiger charge is -2.18. The molecule has 0 spiro atoms. The number of nitrogens with one attached hydrogen (secondary N) is 2. The predicted octanol–water partition coefficient (Wildman–Crippen LogP) is 1.43. The molecular formula is C15H33N3O3S. The molecule has 6 nitrogen and oxygen atoms in total. The van der Waals surface area contributed by atoms with Crippen LogP contribution in [0.1, 0.15) is 40.0 Å². The van der Waals surface area contributed by atoms with Crippen LogP contribution < -0.4 is 10.6 Å². The first-order valence-corrected chi connectivity index (χ1v) is 10.0. The minimum atomic E-state index is -2.94. The average molecular weight is 336 g/mol. The van der Waals surface area contributed by atoms with Gasteiger partial charge in [-0.15, -0.1) is 0 Å². The highest BCUT2D eigenvalue weighted by Gasteiger charge is 2.06. The molecule has 0 aromatic carbocycles. The monoisotopic (exact) mass is 335 g/mol. The van der Waals surface area contributed by atoms with E-state index in [0.717, 1.165) is 18.3 Å². The minimum Gasteiger partial charge on any atom is -0.379 e. The van der Waals surface area contributed by atoms with Crippen LogP contribution in [0.15, 0.2) is 4.99 Å². The van der Waals surface area contributed by atoms with Gasteiger partial charge in [0.1, 0.15) is 9.84 Å². The summed E-state index contributed by atoms with van der Waals surface area (Å²) in [6, 6.07) is 0.371. The van der Waals surface area contributed by atoms with Crippen LogP contribution in [-0.4, -0.2) is 59.2 Å². The number of sulfone groups is 1. The van der Waals surface area contributed by atoms with E-state index in [1.165, 1.54) is 19.1 Å². The molecule has 0 heterocycles. The number of aliphatic imine (C=N–C) groups is 1. The van der Waals surface area contributed by atoms with Crippen LogP contribution in [0.5, 0.6) is 0 Å². The van der Waals surface area contributed by atoms with E-state index in [1.807, 2.05) is 0 Å². The first kappa shape index (κ1) is 21.2. The molecule has 0 aliphatic carbocycles. The van der Waals surface area contributed by atoms with Crippen molar-refractivity contribution in [2.24, 2.45) is 10.9 Å². The largest absolute Gasteiger partial charge is 0.379 e. The Hall–Kier alpha value is -0.820. The van der Waals surface area contributed by atoms with Crippen LogP contribution in [0.4, 0.5) is 0 Å². The van der Waals surface area contributed by atoms with Crippen molar-refractivity contribution in [2.45, 2.75) is 46.1 Å². The second-order valence-electron chi connectivity index (χ2n) is 6.11. The topological polar surface area (TPSA) is 79.8 Å². The molecule has 132 valence electrons. The van der Waals surface area contributed by atoms with Gasteiger partial charge in [0.2, 0.25) is 0 Å². The Bertz CT molecular complexity index is 408. The van der Waals surface area contributed by atoms with Gasteiger partial charge in [-0.25, -0.2) is 8.42 Å². The van der Waals surface area contributed by atoms with Crippen LogP contribution in [0.25, 0.3) is 0 Å². The lowest BCUT2D eigenvalue weighted by molar-refractivity contribution is 0.154. The van der Waals surface area contributed by atoms with Crippen LogP contribution in [-0.2, 0) is 14.6 Å². The predicted molar refractivity (Wildman–Crippen MR) is 93.2 cm³/mol. The second kappa shape index (κ2) is 11.7. The maximum atomic E-state index is 10.9. The number of hydrogen-bond donors (Lipinski definition) is 2. The molecule has 0 aliphatic rings. The maximum Gasteiger partial charge on any atom is 0.191 e. The maximum absolute atomic E-state index is 10.9. The van der Waals surface area contributed by atoms with Crippen molar-refractivity contribution >= 4 is 15.8 Å². The number of rotatable bonds is 11. The zero-order valence-electron chi connectivity index (χ0n) is 14.7. The molecule has 0 rings (SSSR count). The van der Waals surface area contributed by atoms with Crippen LogP contribution in [0, 0.1) is 5.92 Å². The molecule has 22 heavy (non-hydrogen) atoms. The molecule has 0 aromatic rings. The Morgan fingerprint density at radius 1 is 1.18 bits per heavy atom. The van der Waals surface area contributed by atoms with E-state index in [2.05, 4.69) is 36.4 Å². The fourth-order valence-electron chi connectivity index (χ4n) is 1.89. The highest BCUT2D eigenvalue weighted by Crippen LogP contribution is 2.07. The first-order valence-electron chi connectivity index (χ1n) is 7.97. The Kier molecular flexibility index (Phi) is 11.3. The number of nitrogens with zero attached hydrogens (tertiary/aromatic N) is 1. The standard InChI is InChI=1S/C15H33N3O3S/c1-13(2)7-6-8-14(3)18-15(16-4)17-9-10-21-11-12-22(5,19)20/h13-14H,6-12H2,1-5H3,(H2,16,17,18). The second-order valence-corrected chi connectivity index (χ2v) is 8.37. The van der Waals surface area contributed by atoms with Crippen LogP contribution in [0.2, 0.25) is 0 Å². The summed E-state index contributed by atoms with van der Waals surface area (Å²) in [5.41, 5.74) is 0. The summed E-state index contributed by atoms with van der Waals surface area (Å²) >= 11 is 0. The van der Waals surface area contributed by atoms with Gasteiger partial charge in [0.05, 0.1) is 19.0 Å². The van der Waals surface area contributed by atoms with Crippen LogP contribution in [0.3, 0.4) is 0 Å². The van der Waals surface area contributed by atoms with E-state index in [4.69, 9.17) is 4.74 Å². The van der Waals surface area contributed by atoms with Gasteiger partial charge < -0.3 is 15.4 Å². The third-order valence-corrected chi connectivity index (χ3v) is 4.07. The molecule has 0 bridgehead atoms. The molecule has 0 aliphatic heterocycles. The highest BCUT2D eigenvalue weighted by atomic mass is 32.2. The third-order valence-electron chi connectivity index (χ3n) is 3.16. The summed E-state index contributed by atoms with van der Waals surface area (Å²) in [5, 5.41) is 6.50. The van der Waals surface area contributed by atoms with Gasteiger partial charge in [-0.1, -0.05) is 26.7 Å². The average Bonchev–Trinajstić information content (AvgIpc) is 2.39. The highest BCUT2D eigenvalue weighted by molar-refractivity contribution is 7.90. The van der Waals surface area contributed by atoms with E-state index < -0.39 is 9.84 Å². The van der Waals surface area contributed by atoms with E-state index in [9.17, 15) is 8.42 Å². The molecule has 7 heteroatoms. The van der Waals surface area contributed by atoms with E-state index in [-0.39, 0.29) is 12.4 Å². The molecule has 0 saturated carbocycles. The van der Waals surface area contributed by atoms with Crippen molar-refractivity contribution in [3.63, 3.8) is 0 Å². The van der Waals surface area contributed by atoms with Gasteiger partial charge in [-0.3, -0.25) is 4.99 Å². The summed E-state index contributed by atoms with van der Waals surface area (Å²) in [5.74, 6) is 1.56. The van der Waals surface area contributed by atoms with Gasteiger partial charge in [0.25, 0.3) is 0 Å². The zero-order chi connectivity index (χ0) is 17.0. The Morgan fingerprint density at radius 3 is 2.41 bits per heavy atom. The third kappa shape index (κ3) is 14.1. The van der Waals surface area contributed by atoms with Gasteiger partial charge in [-0.05, 0) is 19.3 Å². The summed E-state index contributed by atoms with van der Waals surface area (Å²) in [6.07, 6.45) is 4.77. The molecule has 1 atom stereocenters. The molecule has 0 fully saturated rings. The molecule has 2 N–H and O–H groups in total. The summed E-state index contributed by atoms with van der Waals surface area (Å²) in [6.45, 7) is 7.92. The van der Waals surface area contributed by atoms with E-state index in [0.29, 0.717) is 19.2 Å². The van der Waals surface area contributed by atoms with Crippen molar-refractivity contribution in [3.05, 3.63) is 0 Å². The Labute approximate surface area is 136 Å². The van der Waals surface area contributed by atoms with Gasteiger partial charge in [0.15, 0.2) is 5.96 Å². The first-order chi connectivity index (χ1) is 10.2. The molecular weight excluding hydrogens is 302 g/mol. The Balaban J connectivity index is 3.75. The quantitative estimate of drug-likeness (QED) is 0.339. The molecule has 1 unspecified atom stereocenters. The molecule has 0 saturated heterocycles. The molecule has 0 radical (unpaired) electrons. The fourth-order valence-corrected chi connectivity index (χ4v) is 2.31. The van der Waals surface area contributed by atoms with Crippen molar-refractivity contribution in [1.82, 2.24) is 10.6 Å². The van der Waals surface area contributed by atoms with E-state index >= 15 is 0 Å². The van der Waals surface area contributed by atoms with Crippen molar-refractivity contribution < 1.29 is 13.2 Å². The number of hydrogen-bond acceptors (Lipinski definition) is 4. The molecule has 0 amide bonds. The fraction of sp³-hybridized carbons (Fsp3) is 0.933. The summed E-state index contributed by atoms with van der Waals surface area (Å²) in [7, 11) is -1.21. The molecule has 0 aromatic heterocycles. The van der Waals surface area contributed by atoms with E-state index in [1.54, 1.807) is 7.05 Å². The zero-order valence-corrected chi connectivity index (χ0v) is 15.5. The van der Waals surface area contributed by atoms with Gasteiger partial charge in [-0.2, -0.15) is 0 Å². The smallest absolute Gasteiger partial charge is 0.191 e. The number of guanidine groups is 1. The summed E-state index contributed by atoms with van der Waals surface area (Å²) in [4.78, 5) is 4.17. The Morgan fingerprint density at radius 2 is 1.86 bits per heavy atom. The van der Waals surface area contributed by atoms with Crippen molar-refractivity contribution in [3.8, 4) is 0 Å². The lowest BCUT2D eigenvalue weighted by Crippen LogP contribution is -2.43.